The summed E-state index contributed by atoms with van der Waals surface area (Å²) >= 11 is 0. The standard InChI is InChI=1S/C10H12F2N2O3/c1-3-17-10(15)6-7(13)5(16-2)4-14-8(6)9(11)12/h4,9H,3H2,1-2H3,(H2,13,14). The molecular weight excluding hydrogens is 234 g/mol. The fourth-order valence-corrected chi connectivity index (χ4v) is 1.27. The Labute approximate surface area is 96.5 Å². The largest absolute Gasteiger partial charge is 0.493 e. The quantitative estimate of drug-likeness (QED) is 0.820. The van der Waals surface area contributed by atoms with Gasteiger partial charge in [0.2, 0.25) is 0 Å². The summed E-state index contributed by atoms with van der Waals surface area (Å²) in [6.07, 6.45) is -1.87. The number of nitrogen functional groups attached to an aromatic ring is 1. The number of hydrogen-bond donors (Lipinski definition) is 1. The molecule has 0 atom stereocenters. The van der Waals surface area contributed by atoms with Crippen molar-refractivity contribution in [2.75, 3.05) is 19.5 Å². The van der Waals surface area contributed by atoms with Crippen molar-refractivity contribution in [3.05, 3.63) is 17.5 Å². The van der Waals surface area contributed by atoms with Crippen LogP contribution in [0.4, 0.5) is 14.5 Å². The van der Waals surface area contributed by atoms with Gasteiger partial charge in [0.05, 0.1) is 25.6 Å². The molecule has 1 rings (SSSR count). The summed E-state index contributed by atoms with van der Waals surface area (Å²) in [4.78, 5) is 15.0. The van der Waals surface area contributed by atoms with Crippen LogP contribution in [0.25, 0.3) is 0 Å². The third kappa shape index (κ3) is 2.61. The lowest BCUT2D eigenvalue weighted by Crippen LogP contribution is -2.14. The smallest absolute Gasteiger partial charge is 0.342 e. The number of carbonyl (C=O) groups excluding carboxylic acids is 1. The fourth-order valence-electron chi connectivity index (χ4n) is 1.27. The van der Waals surface area contributed by atoms with E-state index in [0.717, 1.165) is 6.20 Å². The number of methoxy groups -OCH3 is 1. The summed E-state index contributed by atoms with van der Waals surface area (Å²) < 4.78 is 34.8. The Morgan fingerprint density at radius 1 is 1.59 bits per heavy atom. The molecule has 17 heavy (non-hydrogen) atoms. The van der Waals surface area contributed by atoms with Crippen LogP contribution in [0.15, 0.2) is 6.20 Å². The first-order valence-corrected chi connectivity index (χ1v) is 4.80. The summed E-state index contributed by atoms with van der Waals surface area (Å²) in [5, 5.41) is 0. The SMILES string of the molecule is CCOC(=O)c1c(C(F)F)ncc(OC)c1N. The first-order valence-electron chi connectivity index (χ1n) is 4.80. The van der Waals surface area contributed by atoms with Gasteiger partial charge in [-0.1, -0.05) is 0 Å². The van der Waals surface area contributed by atoms with E-state index >= 15 is 0 Å². The molecule has 94 valence electrons. The molecule has 0 amide bonds. The number of carbonyl (C=O) groups is 1. The van der Waals surface area contributed by atoms with E-state index < -0.39 is 23.7 Å². The van der Waals surface area contributed by atoms with Gasteiger partial charge in [-0.2, -0.15) is 0 Å². The van der Waals surface area contributed by atoms with Gasteiger partial charge >= 0.3 is 5.97 Å². The second kappa shape index (κ2) is 5.42. The van der Waals surface area contributed by atoms with Gasteiger partial charge in [-0.25, -0.2) is 13.6 Å². The van der Waals surface area contributed by atoms with Crippen LogP contribution in [0, 0.1) is 0 Å². The molecule has 2 N–H and O–H groups in total. The minimum absolute atomic E-state index is 0.0532. The van der Waals surface area contributed by atoms with Crippen LogP contribution in [0.5, 0.6) is 5.75 Å². The molecule has 1 aromatic rings. The Morgan fingerprint density at radius 3 is 2.71 bits per heavy atom. The van der Waals surface area contributed by atoms with Crippen LogP contribution in [0.1, 0.15) is 29.4 Å². The number of alkyl halides is 2. The summed E-state index contributed by atoms with van der Waals surface area (Å²) in [6.45, 7) is 1.61. The molecule has 5 nitrogen and oxygen atoms in total. The van der Waals surface area contributed by atoms with Crippen molar-refractivity contribution in [3.8, 4) is 5.75 Å². The molecule has 0 radical (unpaired) electrons. The monoisotopic (exact) mass is 246 g/mol. The van der Waals surface area contributed by atoms with E-state index in [-0.39, 0.29) is 18.0 Å². The molecule has 0 bridgehead atoms. The number of aromatic nitrogens is 1. The van der Waals surface area contributed by atoms with E-state index in [1.54, 1.807) is 6.92 Å². The average Bonchev–Trinajstić information content (AvgIpc) is 2.28. The van der Waals surface area contributed by atoms with Gasteiger partial charge in [0.15, 0.2) is 5.75 Å². The lowest BCUT2D eigenvalue weighted by Gasteiger charge is -2.12. The molecule has 0 aliphatic carbocycles. The summed E-state index contributed by atoms with van der Waals surface area (Å²) in [5.41, 5.74) is 4.22. The normalized spacial score (nSPS) is 10.4. The minimum Gasteiger partial charge on any atom is -0.493 e. The zero-order valence-electron chi connectivity index (χ0n) is 9.37. The Balaban J connectivity index is 3.34. The first-order chi connectivity index (χ1) is 8.02. The Kier molecular flexibility index (Phi) is 4.19. The van der Waals surface area contributed by atoms with Crippen molar-refractivity contribution in [3.63, 3.8) is 0 Å². The number of pyridine rings is 1. The van der Waals surface area contributed by atoms with Crippen molar-refractivity contribution in [2.24, 2.45) is 0 Å². The van der Waals surface area contributed by atoms with Crippen LogP contribution < -0.4 is 10.5 Å². The number of nitrogens with zero attached hydrogens (tertiary/aromatic N) is 1. The van der Waals surface area contributed by atoms with E-state index in [0.29, 0.717) is 0 Å². The lowest BCUT2D eigenvalue weighted by molar-refractivity contribution is 0.0514. The van der Waals surface area contributed by atoms with E-state index in [1.165, 1.54) is 7.11 Å². The van der Waals surface area contributed by atoms with Crippen LogP contribution in [-0.4, -0.2) is 24.7 Å². The number of rotatable bonds is 4. The Bertz CT molecular complexity index is 424. The maximum absolute atomic E-state index is 12.7. The minimum atomic E-state index is -2.91. The van der Waals surface area contributed by atoms with Gasteiger partial charge in [0.1, 0.15) is 11.3 Å². The molecule has 0 aromatic carbocycles. The van der Waals surface area contributed by atoms with Gasteiger partial charge in [-0.15, -0.1) is 0 Å². The summed E-state index contributed by atoms with van der Waals surface area (Å²) in [5.74, 6) is -0.885. The van der Waals surface area contributed by atoms with E-state index in [2.05, 4.69) is 9.72 Å². The molecule has 0 spiro atoms. The zero-order valence-corrected chi connectivity index (χ0v) is 9.37. The molecule has 7 heteroatoms. The van der Waals surface area contributed by atoms with Gasteiger partial charge < -0.3 is 15.2 Å². The second-order valence-corrected chi connectivity index (χ2v) is 3.02. The van der Waals surface area contributed by atoms with Gasteiger partial charge in [-0.3, -0.25) is 4.98 Å². The lowest BCUT2D eigenvalue weighted by atomic mass is 10.1. The third-order valence-corrected chi connectivity index (χ3v) is 2.02. The molecule has 0 unspecified atom stereocenters. The molecule has 1 heterocycles. The van der Waals surface area contributed by atoms with Gasteiger partial charge in [0, 0.05) is 0 Å². The molecule has 0 aliphatic rings. The Hall–Kier alpha value is -1.92. The fraction of sp³-hybridized carbons (Fsp3) is 0.400. The molecule has 0 fully saturated rings. The molecule has 1 aromatic heterocycles. The number of halogens is 2. The third-order valence-electron chi connectivity index (χ3n) is 2.02. The molecule has 0 aliphatic heterocycles. The predicted octanol–water partition coefficient (Wildman–Crippen LogP) is 1.79. The van der Waals surface area contributed by atoms with Gasteiger partial charge in [-0.05, 0) is 6.92 Å². The maximum Gasteiger partial charge on any atom is 0.342 e. The van der Waals surface area contributed by atoms with E-state index in [1.807, 2.05) is 0 Å². The predicted molar refractivity (Wildman–Crippen MR) is 56.1 cm³/mol. The second-order valence-electron chi connectivity index (χ2n) is 3.02. The number of hydrogen-bond acceptors (Lipinski definition) is 5. The number of nitrogens with two attached hydrogens (primary N) is 1. The maximum atomic E-state index is 12.7. The van der Waals surface area contributed by atoms with Gasteiger partial charge in [0.25, 0.3) is 6.43 Å². The zero-order chi connectivity index (χ0) is 13.0. The Morgan fingerprint density at radius 2 is 2.24 bits per heavy atom. The van der Waals surface area contributed by atoms with Crippen molar-refractivity contribution in [2.45, 2.75) is 13.3 Å². The summed E-state index contributed by atoms with van der Waals surface area (Å²) in [7, 11) is 1.30. The van der Waals surface area contributed by atoms with Crippen LogP contribution >= 0.6 is 0 Å². The number of ether oxygens (including phenoxy) is 2. The van der Waals surface area contributed by atoms with Crippen LogP contribution in [0.2, 0.25) is 0 Å². The van der Waals surface area contributed by atoms with Crippen molar-refractivity contribution < 1.29 is 23.0 Å². The topological polar surface area (TPSA) is 74.4 Å². The highest BCUT2D eigenvalue weighted by Crippen LogP contribution is 2.31. The van der Waals surface area contributed by atoms with E-state index in [4.69, 9.17) is 10.5 Å². The summed E-state index contributed by atoms with van der Waals surface area (Å²) in [6, 6.07) is 0. The highest BCUT2D eigenvalue weighted by Gasteiger charge is 2.26. The van der Waals surface area contributed by atoms with E-state index in [9.17, 15) is 13.6 Å². The van der Waals surface area contributed by atoms with Crippen molar-refractivity contribution >= 4 is 11.7 Å². The highest BCUT2D eigenvalue weighted by atomic mass is 19.3. The van der Waals surface area contributed by atoms with Crippen molar-refractivity contribution in [1.82, 2.24) is 4.98 Å². The molecule has 0 saturated heterocycles. The number of anilines is 1. The first kappa shape index (κ1) is 13.1. The van der Waals surface area contributed by atoms with Crippen LogP contribution in [-0.2, 0) is 4.74 Å². The van der Waals surface area contributed by atoms with Crippen LogP contribution in [0.3, 0.4) is 0 Å². The average molecular weight is 246 g/mol. The van der Waals surface area contributed by atoms with Crippen molar-refractivity contribution in [1.29, 1.82) is 0 Å². The highest BCUT2D eigenvalue weighted by molar-refractivity contribution is 5.97. The molecule has 0 saturated carbocycles. The number of esters is 1. The molecular formula is C10H12F2N2O3.